The third-order valence-electron chi connectivity index (χ3n) is 2.78. The monoisotopic (exact) mass is 322 g/mol. The second-order valence-electron chi connectivity index (χ2n) is 4.18. The predicted molar refractivity (Wildman–Crippen MR) is 78.1 cm³/mol. The predicted octanol–water partition coefficient (Wildman–Crippen LogP) is 2.59. The van der Waals surface area contributed by atoms with Gasteiger partial charge in [-0.25, -0.2) is 0 Å². The molecular formula is C13H15BrN4O. The van der Waals surface area contributed by atoms with Crippen molar-refractivity contribution in [3.63, 3.8) is 0 Å². The molecule has 1 unspecified atom stereocenters. The Bertz CT molecular complexity index is 582. The summed E-state index contributed by atoms with van der Waals surface area (Å²) in [6, 6.07) is 7.56. The number of anilines is 1. The fourth-order valence-electron chi connectivity index (χ4n) is 1.71. The maximum Gasteiger partial charge on any atom is 0.238 e. The van der Waals surface area contributed by atoms with Crippen LogP contribution in [0.15, 0.2) is 30.6 Å². The maximum absolute atomic E-state index is 11.9. The van der Waals surface area contributed by atoms with E-state index in [1.807, 2.05) is 42.8 Å². The van der Waals surface area contributed by atoms with Gasteiger partial charge in [0.05, 0.1) is 10.5 Å². The number of benzene rings is 1. The molecule has 1 heterocycles. The minimum absolute atomic E-state index is 0.0582. The average molecular weight is 323 g/mol. The molecule has 0 fully saturated rings. The number of nitrogens with zero attached hydrogens (tertiary/aromatic N) is 3. The van der Waals surface area contributed by atoms with Gasteiger partial charge >= 0.3 is 0 Å². The Morgan fingerprint density at radius 2 is 2.21 bits per heavy atom. The van der Waals surface area contributed by atoms with Crippen LogP contribution in [0.2, 0.25) is 0 Å². The quantitative estimate of drug-likeness (QED) is 0.880. The van der Waals surface area contributed by atoms with E-state index in [2.05, 4.69) is 31.4 Å². The van der Waals surface area contributed by atoms with Gasteiger partial charge in [0.25, 0.3) is 0 Å². The summed E-state index contributed by atoms with van der Waals surface area (Å²) in [6.07, 6.45) is 2.37. The number of carbonyl (C=O) groups excluding carboxylic acids is 1. The van der Waals surface area contributed by atoms with Crippen LogP contribution in [0.1, 0.15) is 13.3 Å². The Balaban J connectivity index is 2.32. The molecule has 1 aromatic heterocycles. The van der Waals surface area contributed by atoms with Crippen molar-refractivity contribution in [3.05, 3.63) is 30.6 Å². The fraction of sp³-hybridized carbons (Fsp3) is 0.308. The van der Waals surface area contributed by atoms with Crippen molar-refractivity contribution in [2.24, 2.45) is 7.05 Å². The molecule has 0 aliphatic carbocycles. The average Bonchev–Trinajstić information content (AvgIpc) is 2.84. The number of para-hydroxylation sites is 1. The molecule has 19 heavy (non-hydrogen) atoms. The molecule has 0 saturated carbocycles. The van der Waals surface area contributed by atoms with E-state index in [-0.39, 0.29) is 10.7 Å². The van der Waals surface area contributed by atoms with Gasteiger partial charge in [0.2, 0.25) is 5.91 Å². The fourth-order valence-corrected chi connectivity index (χ4v) is 1.83. The first kappa shape index (κ1) is 13.7. The van der Waals surface area contributed by atoms with Crippen LogP contribution < -0.4 is 5.32 Å². The zero-order chi connectivity index (χ0) is 13.8. The molecule has 1 atom stereocenters. The molecule has 0 radical (unpaired) electrons. The first-order chi connectivity index (χ1) is 9.13. The Kier molecular flexibility index (Phi) is 4.31. The highest BCUT2D eigenvalue weighted by molar-refractivity contribution is 9.10. The van der Waals surface area contributed by atoms with Crippen molar-refractivity contribution in [1.82, 2.24) is 14.8 Å². The van der Waals surface area contributed by atoms with Crippen LogP contribution in [0.4, 0.5) is 5.69 Å². The molecule has 0 spiro atoms. The van der Waals surface area contributed by atoms with Crippen molar-refractivity contribution in [2.45, 2.75) is 18.2 Å². The highest BCUT2D eigenvalue weighted by Crippen LogP contribution is 2.26. The number of rotatable bonds is 4. The molecule has 1 N–H and O–H groups in total. The van der Waals surface area contributed by atoms with Crippen LogP contribution >= 0.6 is 15.9 Å². The highest BCUT2D eigenvalue weighted by atomic mass is 79.9. The smallest absolute Gasteiger partial charge is 0.238 e. The largest absolute Gasteiger partial charge is 0.324 e. The van der Waals surface area contributed by atoms with Crippen molar-refractivity contribution in [3.8, 4) is 11.4 Å². The molecular weight excluding hydrogens is 308 g/mol. The van der Waals surface area contributed by atoms with Gasteiger partial charge in [0.15, 0.2) is 5.82 Å². The van der Waals surface area contributed by atoms with E-state index >= 15 is 0 Å². The summed E-state index contributed by atoms with van der Waals surface area (Å²) in [6.45, 7) is 1.95. The number of nitrogens with one attached hydrogen (secondary N) is 1. The Hall–Kier alpha value is -1.69. The van der Waals surface area contributed by atoms with Crippen molar-refractivity contribution in [1.29, 1.82) is 0 Å². The van der Waals surface area contributed by atoms with Gasteiger partial charge in [0, 0.05) is 12.6 Å². The number of alkyl halides is 1. The summed E-state index contributed by atoms with van der Waals surface area (Å²) in [5.41, 5.74) is 1.59. The number of hydrogen-bond donors (Lipinski definition) is 1. The molecule has 1 aromatic carbocycles. The zero-order valence-corrected chi connectivity index (χ0v) is 12.4. The summed E-state index contributed by atoms with van der Waals surface area (Å²) >= 11 is 3.34. The molecule has 6 heteroatoms. The summed E-state index contributed by atoms with van der Waals surface area (Å²) in [5, 5.41) is 10.8. The Morgan fingerprint density at radius 3 is 2.84 bits per heavy atom. The second-order valence-corrected chi connectivity index (χ2v) is 5.28. The number of carbonyl (C=O) groups is 1. The van der Waals surface area contributed by atoms with Gasteiger partial charge in [0.1, 0.15) is 6.33 Å². The van der Waals surface area contributed by atoms with E-state index < -0.39 is 0 Å². The van der Waals surface area contributed by atoms with E-state index in [0.717, 1.165) is 23.5 Å². The van der Waals surface area contributed by atoms with Crippen LogP contribution in [0.3, 0.4) is 0 Å². The number of hydrogen-bond acceptors (Lipinski definition) is 3. The lowest BCUT2D eigenvalue weighted by molar-refractivity contribution is -0.115. The summed E-state index contributed by atoms with van der Waals surface area (Å²) in [7, 11) is 1.87. The van der Waals surface area contributed by atoms with Crippen LogP contribution in [0.25, 0.3) is 11.4 Å². The van der Waals surface area contributed by atoms with E-state index in [4.69, 9.17) is 0 Å². The van der Waals surface area contributed by atoms with Crippen LogP contribution in [0.5, 0.6) is 0 Å². The first-order valence-corrected chi connectivity index (χ1v) is 6.93. The lowest BCUT2D eigenvalue weighted by Gasteiger charge is -2.12. The normalized spacial score (nSPS) is 12.2. The third kappa shape index (κ3) is 3.01. The van der Waals surface area contributed by atoms with Gasteiger partial charge in [-0.15, -0.1) is 10.2 Å². The van der Waals surface area contributed by atoms with Gasteiger partial charge < -0.3 is 9.88 Å². The van der Waals surface area contributed by atoms with Gasteiger partial charge in [-0.1, -0.05) is 35.0 Å². The summed E-state index contributed by atoms with van der Waals surface area (Å²) in [4.78, 5) is 11.8. The number of amides is 1. The molecule has 0 aliphatic rings. The Morgan fingerprint density at radius 1 is 1.47 bits per heavy atom. The van der Waals surface area contributed by atoms with Crippen molar-refractivity contribution >= 4 is 27.5 Å². The van der Waals surface area contributed by atoms with Gasteiger partial charge in [-0.2, -0.15) is 0 Å². The minimum Gasteiger partial charge on any atom is -0.324 e. The third-order valence-corrected chi connectivity index (χ3v) is 3.84. The van der Waals surface area contributed by atoms with Gasteiger partial charge in [-0.3, -0.25) is 4.79 Å². The summed E-state index contributed by atoms with van der Waals surface area (Å²) < 4.78 is 1.82. The second kappa shape index (κ2) is 5.97. The van der Waals surface area contributed by atoms with Crippen LogP contribution in [0, 0.1) is 0 Å². The zero-order valence-electron chi connectivity index (χ0n) is 10.8. The lowest BCUT2D eigenvalue weighted by Crippen LogP contribution is -2.22. The molecule has 0 aliphatic heterocycles. The first-order valence-electron chi connectivity index (χ1n) is 6.01. The molecule has 2 rings (SSSR count). The number of aryl methyl sites for hydroxylation is 1. The molecule has 100 valence electrons. The molecule has 1 amide bonds. The lowest BCUT2D eigenvalue weighted by atomic mass is 10.1. The maximum atomic E-state index is 11.9. The van der Waals surface area contributed by atoms with E-state index in [9.17, 15) is 4.79 Å². The van der Waals surface area contributed by atoms with E-state index in [0.29, 0.717) is 0 Å². The molecule has 0 saturated heterocycles. The standard InChI is InChI=1S/C13H15BrN4O/c1-3-10(14)13(19)16-11-7-5-4-6-9(11)12-17-15-8-18(12)2/h4-8,10H,3H2,1-2H3,(H,16,19). The highest BCUT2D eigenvalue weighted by Gasteiger charge is 2.16. The number of halogens is 1. The summed E-state index contributed by atoms with van der Waals surface area (Å²) in [5.74, 6) is 0.663. The van der Waals surface area contributed by atoms with Crippen LogP contribution in [-0.4, -0.2) is 25.5 Å². The van der Waals surface area contributed by atoms with Crippen molar-refractivity contribution < 1.29 is 4.79 Å². The van der Waals surface area contributed by atoms with Crippen molar-refractivity contribution in [2.75, 3.05) is 5.32 Å². The molecule has 5 nitrogen and oxygen atoms in total. The van der Waals surface area contributed by atoms with E-state index in [1.165, 1.54) is 0 Å². The SMILES string of the molecule is CCC(Br)C(=O)Nc1ccccc1-c1nncn1C. The van der Waals surface area contributed by atoms with E-state index in [1.54, 1.807) is 6.33 Å². The van der Waals surface area contributed by atoms with Gasteiger partial charge in [-0.05, 0) is 18.6 Å². The van der Waals surface area contributed by atoms with Crippen LogP contribution in [-0.2, 0) is 11.8 Å². The number of aromatic nitrogens is 3. The molecule has 2 aromatic rings. The minimum atomic E-state index is -0.194. The Labute approximate surface area is 120 Å². The molecule has 0 bridgehead atoms. The topological polar surface area (TPSA) is 59.8 Å².